The Morgan fingerprint density at radius 1 is 1.37 bits per heavy atom. The molecule has 1 unspecified atom stereocenters. The fourth-order valence-corrected chi connectivity index (χ4v) is 1.70. The summed E-state index contributed by atoms with van der Waals surface area (Å²) in [5.41, 5.74) is 0. The van der Waals surface area contributed by atoms with Crippen LogP contribution in [-0.4, -0.2) is 50.2 Å². The van der Waals surface area contributed by atoms with E-state index in [1.807, 2.05) is 11.8 Å². The van der Waals surface area contributed by atoms with Crippen molar-refractivity contribution in [3.63, 3.8) is 0 Å². The van der Waals surface area contributed by atoms with Crippen molar-refractivity contribution in [1.29, 1.82) is 5.26 Å². The summed E-state index contributed by atoms with van der Waals surface area (Å²) in [4.78, 5) is 14.0. The fourth-order valence-electron chi connectivity index (χ4n) is 1.70. The van der Waals surface area contributed by atoms with Gasteiger partial charge in [0.05, 0.1) is 18.7 Å². The average Bonchev–Trinajstić information content (AvgIpc) is 2.37. The van der Waals surface area contributed by atoms with Crippen molar-refractivity contribution >= 4 is 5.91 Å². The van der Waals surface area contributed by atoms with Crippen molar-refractivity contribution in [1.82, 2.24) is 10.2 Å². The maximum atomic E-state index is 12.0. The number of ether oxygens (including phenoxy) is 1. The summed E-state index contributed by atoms with van der Waals surface area (Å²) in [5, 5.41) is 11.6. The van der Waals surface area contributed by atoms with Crippen molar-refractivity contribution in [3.05, 3.63) is 0 Å². The molecular formula is C14H27N3O2. The third-order valence-electron chi connectivity index (χ3n) is 3.04. The number of nitrogens with zero attached hydrogens (tertiary/aromatic N) is 2. The molecular weight excluding hydrogens is 242 g/mol. The first-order valence-electron chi connectivity index (χ1n) is 6.90. The van der Waals surface area contributed by atoms with Crippen LogP contribution in [0.25, 0.3) is 0 Å². The number of carbonyl (C=O) groups excluding carboxylic acids is 1. The molecule has 0 heterocycles. The van der Waals surface area contributed by atoms with Gasteiger partial charge in [0.25, 0.3) is 0 Å². The molecule has 0 aliphatic heterocycles. The Morgan fingerprint density at radius 2 is 2.05 bits per heavy atom. The molecule has 0 aliphatic rings. The van der Waals surface area contributed by atoms with Gasteiger partial charge in [0, 0.05) is 33.2 Å². The summed E-state index contributed by atoms with van der Waals surface area (Å²) in [6.07, 6.45) is 1.40. The van der Waals surface area contributed by atoms with Crippen LogP contribution in [0.2, 0.25) is 0 Å². The minimum Gasteiger partial charge on any atom is -0.383 e. The summed E-state index contributed by atoms with van der Waals surface area (Å²) < 4.78 is 5.04. The first-order valence-corrected chi connectivity index (χ1v) is 6.90. The second-order valence-corrected chi connectivity index (χ2v) is 5.09. The van der Waals surface area contributed by atoms with Gasteiger partial charge in [-0.1, -0.05) is 13.8 Å². The lowest BCUT2D eigenvalue weighted by Gasteiger charge is -2.27. The van der Waals surface area contributed by atoms with E-state index in [-0.39, 0.29) is 11.9 Å². The van der Waals surface area contributed by atoms with Crippen molar-refractivity contribution in [3.8, 4) is 6.07 Å². The molecule has 0 saturated heterocycles. The van der Waals surface area contributed by atoms with E-state index in [4.69, 9.17) is 10.00 Å². The van der Waals surface area contributed by atoms with Crippen LogP contribution in [0.4, 0.5) is 0 Å². The molecule has 0 spiro atoms. The van der Waals surface area contributed by atoms with Gasteiger partial charge in [-0.3, -0.25) is 9.69 Å². The number of rotatable bonds is 10. The van der Waals surface area contributed by atoms with E-state index in [1.54, 1.807) is 7.11 Å². The highest BCUT2D eigenvalue weighted by Crippen LogP contribution is 2.02. The van der Waals surface area contributed by atoms with Gasteiger partial charge in [-0.15, -0.1) is 0 Å². The molecule has 1 N–H and O–H groups in total. The number of methoxy groups -OCH3 is 1. The van der Waals surface area contributed by atoms with Crippen LogP contribution in [0.1, 0.15) is 33.6 Å². The SMILES string of the molecule is COCCN(CCC#N)C(C)C(=O)NCCC(C)C. The van der Waals surface area contributed by atoms with Crippen LogP contribution >= 0.6 is 0 Å². The van der Waals surface area contributed by atoms with Crippen molar-refractivity contribution in [2.75, 3.05) is 33.4 Å². The lowest BCUT2D eigenvalue weighted by molar-refractivity contribution is -0.126. The van der Waals surface area contributed by atoms with Crippen LogP contribution in [-0.2, 0) is 9.53 Å². The monoisotopic (exact) mass is 269 g/mol. The van der Waals surface area contributed by atoms with Crippen LogP contribution in [0, 0.1) is 17.2 Å². The smallest absolute Gasteiger partial charge is 0.237 e. The number of amides is 1. The molecule has 5 nitrogen and oxygen atoms in total. The summed E-state index contributed by atoms with van der Waals surface area (Å²) in [5.74, 6) is 0.605. The molecule has 0 aromatic rings. The highest BCUT2D eigenvalue weighted by molar-refractivity contribution is 5.81. The number of nitriles is 1. The quantitative estimate of drug-likeness (QED) is 0.651. The van der Waals surface area contributed by atoms with E-state index in [1.165, 1.54) is 0 Å². The fraction of sp³-hybridized carbons (Fsp3) is 0.857. The number of carbonyl (C=O) groups is 1. The topological polar surface area (TPSA) is 65.4 Å². The normalized spacial score (nSPS) is 12.5. The zero-order valence-electron chi connectivity index (χ0n) is 12.6. The first-order chi connectivity index (χ1) is 9.02. The maximum Gasteiger partial charge on any atom is 0.237 e. The van der Waals surface area contributed by atoms with Crippen molar-refractivity contribution < 1.29 is 9.53 Å². The van der Waals surface area contributed by atoms with Gasteiger partial charge in [-0.05, 0) is 19.3 Å². The second kappa shape index (κ2) is 10.8. The van der Waals surface area contributed by atoms with E-state index in [0.717, 1.165) is 6.42 Å². The zero-order valence-corrected chi connectivity index (χ0v) is 12.6. The molecule has 0 saturated carbocycles. The van der Waals surface area contributed by atoms with Gasteiger partial charge in [0.1, 0.15) is 0 Å². The molecule has 0 aliphatic carbocycles. The third-order valence-corrected chi connectivity index (χ3v) is 3.04. The van der Waals surface area contributed by atoms with Crippen molar-refractivity contribution in [2.24, 2.45) is 5.92 Å². The standard InChI is InChI=1S/C14H27N3O2/c1-12(2)6-8-16-14(18)13(3)17(9-5-7-15)10-11-19-4/h12-13H,5-6,8-11H2,1-4H3,(H,16,18). The molecule has 110 valence electrons. The Morgan fingerprint density at radius 3 is 2.58 bits per heavy atom. The predicted molar refractivity (Wildman–Crippen MR) is 75.6 cm³/mol. The van der Waals surface area contributed by atoms with Crippen LogP contribution in [0.5, 0.6) is 0 Å². The molecule has 0 aromatic heterocycles. The number of nitrogens with one attached hydrogen (secondary N) is 1. The van der Waals surface area contributed by atoms with Crippen LogP contribution < -0.4 is 5.32 Å². The molecule has 5 heteroatoms. The number of hydrogen-bond acceptors (Lipinski definition) is 4. The van der Waals surface area contributed by atoms with E-state index in [0.29, 0.717) is 38.6 Å². The Hall–Kier alpha value is -1.12. The van der Waals surface area contributed by atoms with Gasteiger partial charge in [0.15, 0.2) is 0 Å². The average molecular weight is 269 g/mol. The van der Waals surface area contributed by atoms with Crippen LogP contribution in [0.15, 0.2) is 0 Å². The van der Waals surface area contributed by atoms with Gasteiger partial charge >= 0.3 is 0 Å². The van der Waals surface area contributed by atoms with Gasteiger partial charge < -0.3 is 10.1 Å². The van der Waals surface area contributed by atoms with Crippen molar-refractivity contribution in [2.45, 2.75) is 39.7 Å². The zero-order chi connectivity index (χ0) is 14.7. The molecule has 0 rings (SSSR count). The largest absolute Gasteiger partial charge is 0.383 e. The molecule has 0 radical (unpaired) electrons. The van der Waals surface area contributed by atoms with Gasteiger partial charge in [-0.25, -0.2) is 0 Å². The van der Waals surface area contributed by atoms with E-state index >= 15 is 0 Å². The van der Waals surface area contributed by atoms with E-state index < -0.39 is 0 Å². The molecule has 0 bridgehead atoms. The van der Waals surface area contributed by atoms with Gasteiger partial charge in [-0.2, -0.15) is 5.26 Å². The van der Waals surface area contributed by atoms with E-state index in [2.05, 4.69) is 25.2 Å². The maximum absolute atomic E-state index is 12.0. The summed E-state index contributed by atoms with van der Waals surface area (Å²) in [6, 6.07) is 1.89. The molecule has 1 atom stereocenters. The van der Waals surface area contributed by atoms with Crippen LogP contribution in [0.3, 0.4) is 0 Å². The Balaban J connectivity index is 4.22. The molecule has 0 fully saturated rings. The minimum atomic E-state index is -0.226. The van der Waals surface area contributed by atoms with E-state index in [9.17, 15) is 4.79 Å². The highest BCUT2D eigenvalue weighted by atomic mass is 16.5. The Labute approximate surface area is 116 Å². The lowest BCUT2D eigenvalue weighted by atomic mass is 10.1. The molecule has 19 heavy (non-hydrogen) atoms. The lowest BCUT2D eigenvalue weighted by Crippen LogP contribution is -2.47. The third kappa shape index (κ3) is 8.57. The second-order valence-electron chi connectivity index (χ2n) is 5.09. The minimum absolute atomic E-state index is 0.0229. The van der Waals surface area contributed by atoms with Gasteiger partial charge in [0.2, 0.25) is 5.91 Å². The predicted octanol–water partition coefficient (Wildman–Crippen LogP) is 1.40. The number of hydrogen-bond donors (Lipinski definition) is 1. The molecule has 0 aromatic carbocycles. The first kappa shape index (κ1) is 17.9. The summed E-state index contributed by atoms with van der Waals surface area (Å²) >= 11 is 0. The Bertz CT molecular complexity index is 287. The molecule has 1 amide bonds. The summed E-state index contributed by atoms with van der Waals surface area (Å²) in [6.45, 7) is 8.67. The Kier molecular flexibility index (Phi) is 10.1. The summed E-state index contributed by atoms with van der Waals surface area (Å²) in [7, 11) is 1.63. The highest BCUT2D eigenvalue weighted by Gasteiger charge is 2.20.